The third kappa shape index (κ3) is 6.11. The molecule has 32 heavy (non-hydrogen) atoms. The van der Waals surface area contributed by atoms with Crippen LogP contribution in [0.3, 0.4) is 0 Å². The molecule has 0 saturated carbocycles. The summed E-state index contributed by atoms with van der Waals surface area (Å²) in [4.78, 5) is 34.6. The Morgan fingerprint density at radius 2 is 1.66 bits per heavy atom. The molecule has 3 aromatic carbocycles. The summed E-state index contributed by atoms with van der Waals surface area (Å²) in [5.74, 6) is -3.49. The highest BCUT2D eigenvalue weighted by molar-refractivity contribution is 6.05. The van der Waals surface area contributed by atoms with Gasteiger partial charge in [0.25, 0.3) is 11.8 Å². The maximum absolute atomic E-state index is 14.3. The lowest BCUT2D eigenvalue weighted by atomic mass is 10.0. The number of aliphatic carboxylic acids is 1. The van der Waals surface area contributed by atoms with Crippen molar-refractivity contribution in [3.05, 3.63) is 83.9 Å². The highest BCUT2D eigenvalue weighted by atomic mass is 19.1. The number of rotatable bonds is 8. The number of nitrogens with one attached hydrogen (secondary N) is 2. The van der Waals surface area contributed by atoms with Crippen molar-refractivity contribution in [1.29, 1.82) is 0 Å². The van der Waals surface area contributed by atoms with Gasteiger partial charge >= 0.3 is 5.97 Å². The molecule has 0 bridgehead atoms. The minimum absolute atomic E-state index is 0.230. The molecule has 0 radical (unpaired) electrons. The Bertz CT molecular complexity index is 1170. The summed E-state index contributed by atoms with van der Waals surface area (Å²) in [5, 5.41) is 13.2. The summed E-state index contributed by atoms with van der Waals surface area (Å²) < 4.78 is 33.1. The van der Waals surface area contributed by atoms with Crippen LogP contribution in [-0.4, -0.2) is 36.0 Å². The predicted octanol–water partition coefficient (Wildman–Crippen LogP) is 3.46. The topological polar surface area (TPSA) is 105 Å². The number of hydrogen-bond acceptors (Lipinski definition) is 4. The molecule has 0 aliphatic carbocycles. The van der Waals surface area contributed by atoms with E-state index in [9.17, 15) is 23.2 Å². The lowest BCUT2D eigenvalue weighted by Crippen LogP contribution is -2.33. The van der Waals surface area contributed by atoms with Gasteiger partial charge in [0.2, 0.25) is 0 Å². The van der Waals surface area contributed by atoms with Crippen molar-refractivity contribution in [1.82, 2.24) is 5.32 Å². The van der Waals surface area contributed by atoms with Gasteiger partial charge in [-0.3, -0.25) is 14.4 Å². The Balaban J connectivity index is 1.69. The number of carboxylic acids is 1. The van der Waals surface area contributed by atoms with Crippen molar-refractivity contribution in [2.24, 2.45) is 0 Å². The number of ether oxygens (including phenoxy) is 1. The summed E-state index contributed by atoms with van der Waals surface area (Å²) >= 11 is 0. The summed E-state index contributed by atoms with van der Waals surface area (Å²) in [7, 11) is 0. The molecule has 7 nitrogen and oxygen atoms in total. The van der Waals surface area contributed by atoms with E-state index >= 15 is 0 Å². The van der Waals surface area contributed by atoms with Crippen LogP contribution < -0.4 is 15.4 Å². The Labute approximate surface area is 181 Å². The Kier molecular flexibility index (Phi) is 7.12. The van der Waals surface area contributed by atoms with Crippen LogP contribution in [0.2, 0.25) is 0 Å². The van der Waals surface area contributed by atoms with Gasteiger partial charge in [0, 0.05) is 11.8 Å². The molecule has 164 valence electrons. The number of halogens is 2. The van der Waals surface area contributed by atoms with Crippen molar-refractivity contribution in [3.8, 4) is 16.9 Å². The molecule has 0 aromatic heterocycles. The van der Waals surface area contributed by atoms with E-state index in [4.69, 9.17) is 9.84 Å². The monoisotopic (exact) mass is 440 g/mol. The van der Waals surface area contributed by atoms with E-state index in [-0.39, 0.29) is 17.0 Å². The van der Waals surface area contributed by atoms with Gasteiger partial charge < -0.3 is 20.5 Å². The summed E-state index contributed by atoms with van der Waals surface area (Å²) in [6.45, 7) is -0.951. The second-order valence-corrected chi connectivity index (χ2v) is 6.65. The van der Waals surface area contributed by atoms with Crippen LogP contribution in [0.1, 0.15) is 10.4 Å². The van der Waals surface area contributed by atoms with Crippen molar-refractivity contribution in [2.75, 3.05) is 18.5 Å². The van der Waals surface area contributed by atoms with Gasteiger partial charge in [-0.05, 0) is 47.5 Å². The van der Waals surface area contributed by atoms with Crippen LogP contribution in [-0.2, 0) is 9.59 Å². The SMILES string of the molecule is O=C(O)CNC(=O)COc1cccc(NC(=O)c2cc(-c3cccc(F)c3)ccc2F)c1. The molecule has 0 unspecified atom stereocenters. The molecule has 3 N–H and O–H groups in total. The van der Waals surface area contributed by atoms with Crippen LogP contribution in [0, 0.1) is 11.6 Å². The maximum atomic E-state index is 14.3. The van der Waals surface area contributed by atoms with Gasteiger partial charge in [-0.2, -0.15) is 0 Å². The molecule has 0 aliphatic heterocycles. The molecule has 0 saturated heterocycles. The largest absolute Gasteiger partial charge is 0.484 e. The zero-order valence-electron chi connectivity index (χ0n) is 16.6. The van der Waals surface area contributed by atoms with E-state index in [1.807, 2.05) is 0 Å². The molecular formula is C23H18F2N2O5. The Hall–Kier alpha value is -4.27. The van der Waals surface area contributed by atoms with Gasteiger partial charge in [-0.15, -0.1) is 0 Å². The molecule has 2 amide bonds. The smallest absolute Gasteiger partial charge is 0.322 e. The number of benzene rings is 3. The fourth-order valence-electron chi connectivity index (χ4n) is 2.78. The number of carboxylic acid groups (broad SMARTS) is 1. The predicted molar refractivity (Wildman–Crippen MR) is 112 cm³/mol. The van der Waals surface area contributed by atoms with Gasteiger partial charge in [0.05, 0.1) is 5.56 Å². The van der Waals surface area contributed by atoms with Crippen LogP contribution in [0.4, 0.5) is 14.5 Å². The lowest BCUT2D eigenvalue weighted by Gasteiger charge is -2.11. The minimum Gasteiger partial charge on any atom is -0.484 e. The number of anilines is 1. The van der Waals surface area contributed by atoms with Crippen LogP contribution in [0.5, 0.6) is 5.75 Å². The Morgan fingerprint density at radius 1 is 0.906 bits per heavy atom. The van der Waals surface area contributed by atoms with Crippen LogP contribution in [0.25, 0.3) is 11.1 Å². The van der Waals surface area contributed by atoms with Crippen molar-refractivity contribution >= 4 is 23.5 Å². The zero-order chi connectivity index (χ0) is 23.1. The lowest BCUT2D eigenvalue weighted by molar-refractivity contribution is -0.138. The van der Waals surface area contributed by atoms with Gasteiger partial charge in [0.1, 0.15) is 23.9 Å². The summed E-state index contributed by atoms with van der Waals surface area (Å²) in [5.41, 5.74) is 1.02. The third-order valence-corrected chi connectivity index (χ3v) is 4.27. The average molecular weight is 440 g/mol. The molecule has 0 aliphatic rings. The number of amides is 2. The maximum Gasteiger partial charge on any atom is 0.322 e. The minimum atomic E-state index is -1.18. The van der Waals surface area contributed by atoms with E-state index in [1.54, 1.807) is 18.2 Å². The highest BCUT2D eigenvalue weighted by Crippen LogP contribution is 2.24. The zero-order valence-corrected chi connectivity index (χ0v) is 16.6. The number of hydrogen-bond donors (Lipinski definition) is 3. The average Bonchev–Trinajstić information content (AvgIpc) is 2.76. The van der Waals surface area contributed by atoms with Crippen LogP contribution in [0.15, 0.2) is 66.7 Å². The molecule has 3 rings (SSSR count). The molecule has 0 fully saturated rings. The molecule has 3 aromatic rings. The first-order valence-corrected chi connectivity index (χ1v) is 9.40. The van der Waals surface area contributed by atoms with E-state index < -0.39 is 42.6 Å². The second kappa shape index (κ2) is 10.2. The Morgan fingerprint density at radius 3 is 2.41 bits per heavy atom. The van der Waals surface area contributed by atoms with Crippen molar-refractivity contribution < 1.29 is 33.0 Å². The van der Waals surface area contributed by atoms with E-state index in [1.165, 1.54) is 42.5 Å². The fourth-order valence-corrected chi connectivity index (χ4v) is 2.78. The number of carbonyl (C=O) groups excluding carboxylic acids is 2. The molecule has 9 heteroatoms. The molecule has 0 spiro atoms. The van der Waals surface area contributed by atoms with E-state index in [0.29, 0.717) is 11.1 Å². The van der Waals surface area contributed by atoms with Crippen molar-refractivity contribution in [2.45, 2.75) is 0 Å². The van der Waals surface area contributed by atoms with Gasteiger partial charge in [0.15, 0.2) is 6.61 Å². The summed E-state index contributed by atoms with van der Waals surface area (Å²) in [6.07, 6.45) is 0. The summed E-state index contributed by atoms with van der Waals surface area (Å²) in [6, 6.07) is 15.7. The molecule has 0 atom stereocenters. The first-order valence-electron chi connectivity index (χ1n) is 9.40. The quantitative estimate of drug-likeness (QED) is 0.498. The fraction of sp³-hybridized carbons (Fsp3) is 0.0870. The standard InChI is InChI=1S/C23H18F2N2O5/c24-16-4-1-3-14(9-16)15-7-8-20(25)19(10-15)23(31)27-17-5-2-6-18(11-17)32-13-21(28)26-12-22(29)30/h1-11H,12-13H2,(H,26,28)(H,27,31)(H,29,30). The molecule has 0 heterocycles. The first-order chi connectivity index (χ1) is 15.3. The molecular weight excluding hydrogens is 422 g/mol. The van der Waals surface area contributed by atoms with Gasteiger partial charge in [-0.25, -0.2) is 8.78 Å². The van der Waals surface area contributed by atoms with Crippen LogP contribution >= 0.6 is 0 Å². The second-order valence-electron chi connectivity index (χ2n) is 6.65. The van der Waals surface area contributed by atoms with E-state index in [0.717, 1.165) is 6.07 Å². The first kappa shape index (κ1) is 22.4. The normalized spacial score (nSPS) is 10.3. The van der Waals surface area contributed by atoms with Gasteiger partial charge in [-0.1, -0.05) is 24.3 Å². The third-order valence-electron chi connectivity index (χ3n) is 4.27. The van der Waals surface area contributed by atoms with Crippen molar-refractivity contribution in [3.63, 3.8) is 0 Å². The highest BCUT2D eigenvalue weighted by Gasteiger charge is 2.14. The van der Waals surface area contributed by atoms with E-state index in [2.05, 4.69) is 10.6 Å². The number of carbonyl (C=O) groups is 3.